The van der Waals surface area contributed by atoms with Gasteiger partial charge in [-0.2, -0.15) is 0 Å². The van der Waals surface area contributed by atoms with Gasteiger partial charge in [-0.3, -0.25) is 0 Å². The third-order valence-corrected chi connectivity index (χ3v) is 3.46. The molecule has 0 saturated heterocycles. The summed E-state index contributed by atoms with van der Waals surface area (Å²) in [6, 6.07) is 14.3. The molecule has 5 heteroatoms. The van der Waals surface area contributed by atoms with E-state index >= 15 is 0 Å². The van der Waals surface area contributed by atoms with Crippen LogP contribution in [0.5, 0.6) is 0 Å². The van der Waals surface area contributed by atoms with E-state index in [4.69, 9.17) is 5.14 Å². The van der Waals surface area contributed by atoms with Gasteiger partial charge in [0.15, 0.2) is 0 Å². The van der Waals surface area contributed by atoms with E-state index in [2.05, 4.69) is 5.32 Å². The number of sulfonamides is 1. The molecule has 94 valence electrons. The molecule has 0 unspecified atom stereocenters. The lowest BCUT2D eigenvalue weighted by atomic mass is 10.2. The average molecular weight is 262 g/mol. The van der Waals surface area contributed by atoms with Crippen LogP contribution >= 0.6 is 0 Å². The van der Waals surface area contributed by atoms with Gasteiger partial charge in [0.05, 0.1) is 5.69 Å². The lowest BCUT2D eigenvalue weighted by Crippen LogP contribution is -2.14. The van der Waals surface area contributed by atoms with Crippen molar-refractivity contribution in [3.8, 4) is 0 Å². The third-order valence-electron chi connectivity index (χ3n) is 2.49. The number of nitrogens with one attached hydrogen (secondary N) is 1. The van der Waals surface area contributed by atoms with Gasteiger partial charge in [0.1, 0.15) is 4.90 Å². The van der Waals surface area contributed by atoms with Crippen LogP contribution in [0.4, 0.5) is 11.4 Å². The van der Waals surface area contributed by atoms with Crippen molar-refractivity contribution in [3.05, 3.63) is 54.1 Å². The molecule has 2 rings (SSSR count). The van der Waals surface area contributed by atoms with Crippen LogP contribution in [0.3, 0.4) is 0 Å². The van der Waals surface area contributed by atoms with Crippen LogP contribution in [0.15, 0.2) is 53.4 Å². The molecule has 2 aromatic carbocycles. The minimum absolute atomic E-state index is 0.0944. The van der Waals surface area contributed by atoms with E-state index < -0.39 is 10.0 Å². The Labute approximate surface area is 107 Å². The predicted octanol–water partition coefficient (Wildman–Crippen LogP) is 2.39. The molecule has 3 N–H and O–H groups in total. The maximum atomic E-state index is 11.5. The second-order valence-electron chi connectivity index (χ2n) is 4.04. The molecule has 0 fully saturated rings. The fourth-order valence-electron chi connectivity index (χ4n) is 1.67. The smallest absolute Gasteiger partial charge is 0.240 e. The van der Waals surface area contributed by atoms with Crippen molar-refractivity contribution in [2.75, 3.05) is 5.32 Å². The molecule has 0 atom stereocenters. The van der Waals surface area contributed by atoms with Crippen LogP contribution in [0.2, 0.25) is 0 Å². The van der Waals surface area contributed by atoms with Gasteiger partial charge in [-0.15, -0.1) is 0 Å². The number of para-hydroxylation sites is 1. The minimum Gasteiger partial charge on any atom is -0.354 e. The van der Waals surface area contributed by atoms with Crippen molar-refractivity contribution in [1.82, 2.24) is 0 Å². The van der Waals surface area contributed by atoms with E-state index in [1.54, 1.807) is 12.1 Å². The number of rotatable bonds is 3. The van der Waals surface area contributed by atoms with Gasteiger partial charge in [-0.25, -0.2) is 13.6 Å². The Hall–Kier alpha value is -1.85. The number of anilines is 2. The van der Waals surface area contributed by atoms with Crippen LogP contribution in [0.25, 0.3) is 0 Å². The number of benzene rings is 2. The highest BCUT2D eigenvalue weighted by Gasteiger charge is 2.13. The summed E-state index contributed by atoms with van der Waals surface area (Å²) in [5.74, 6) is 0. The molecule has 0 aliphatic heterocycles. The van der Waals surface area contributed by atoms with Crippen molar-refractivity contribution in [2.45, 2.75) is 11.8 Å². The van der Waals surface area contributed by atoms with Gasteiger partial charge in [-0.05, 0) is 36.8 Å². The second-order valence-corrected chi connectivity index (χ2v) is 5.57. The normalized spacial score (nSPS) is 11.2. The Bertz CT molecular complexity index is 652. The maximum absolute atomic E-state index is 11.5. The van der Waals surface area contributed by atoms with E-state index in [1.165, 1.54) is 6.07 Å². The van der Waals surface area contributed by atoms with Gasteiger partial charge in [0, 0.05) is 5.69 Å². The Kier molecular flexibility index (Phi) is 3.36. The fraction of sp³-hybridized carbons (Fsp3) is 0.0769. The summed E-state index contributed by atoms with van der Waals surface area (Å²) >= 11 is 0. The number of nitrogens with two attached hydrogens (primary N) is 1. The molecule has 2 aromatic rings. The van der Waals surface area contributed by atoms with Crippen molar-refractivity contribution in [1.29, 1.82) is 0 Å². The fourth-order valence-corrected chi connectivity index (χ4v) is 2.34. The summed E-state index contributed by atoms with van der Waals surface area (Å²) in [7, 11) is -3.73. The summed E-state index contributed by atoms with van der Waals surface area (Å²) in [6.07, 6.45) is 0. The minimum atomic E-state index is -3.73. The maximum Gasteiger partial charge on any atom is 0.240 e. The average Bonchev–Trinajstić information content (AvgIpc) is 2.28. The molecule has 0 saturated carbocycles. The molecule has 0 heterocycles. The first kappa shape index (κ1) is 12.6. The van der Waals surface area contributed by atoms with Crippen molar-refractivity contribution < 1.29 is 8.42 Å². The molecule has 0 bridgehead atoms. The number of hydrogen-bond acceptors (Lipinski definition) is 3. The Morgan fingerprint density at radius 1 is 1.06 bits per heavy atom. The van der Waals surface area contributed by atoms with Gasteiger partial charge >= 0.3 is 0 Å². The zero-order chi connectivity index (χ0) is 13.2. The quantitative estimate of drug-likeness (QED) is 0.892. The molecule has 0 aliphatic rings. The molecule has 0 amide bonds. The first-order valence-corrected chi connectivity index (χ1v) is 6.97. The van der Waals surface area contributed by atoms with Gasteiger partial charge < -0.3 is 5.32 Å². The summed E-state index contributed by atoms with van der Waals surface area (Å²) in [5, 5.41) is 8.25. The molecule has 0 aromatic heterocycles. The van der Waals surface area contributed by atoms with Gasteiger partial charge in [-0.1, -0.05) is 24.3 Å². The molecular weight excluding hydrogens is 248 g/mol. The Balaban J connectivity index is 2.47. The molecule has 0 aliphatic carbocycles. The SMILES string of the molecule is Cc1ccc(S(N)(=O)=O)c(Nc2ccccc2)c1. The zero-order valence-electron chi connectivity index (χ0n) is 9.92. The van der Waals surface area contributed by atoms with Crippen molar-refractivity contribution in [2.24, 2.45) is 5.14 Å². The van der Waals surface area contributed by atoms with Crippen LogP contribution < -0.4 is 10.5 Å². The molecule has 4 nitrogen and oxygen atoms in total. The van der Waals surface area contributed by atoms with Crippen LogP contribution in [-0.2, 0) is 10.0 Å². The highest BCUT2D eigenvalue weighted by Crippen LogP contribution is 2.25. The zero-order valence-corrected chi connectivity index (χ0v) is 10.7. The Morgan fingerprint density at radius 2 is 1.72 bits per heavy atom. The summed E-state index contributed by atoms with van der Waals surface area (Å²) in [6.45, 7) is 1.89. The lowest BCUT2D eigenvalue weighted by molar-refractivity contribution is 0.598. The van der Waals surface area contributed by atoms with E-state index in [0.717, 1.165) is 11.3 Å². The molecule has 0 spiro atoms. The van der Waals surface area contributed by atoms with Gasteiger partial charge in [0.25, 0.3) is 0 Å². The molecule has 0 radical (unpaired) electrons. The van der Waals surface area contributed by atoms with Crippen molar-refractivity contribution in [3.63, 3.8) is 0 Å². The highest BCUT2D eigenvalue weighted by atomic mass is 32.2. The number of primary sulfonamides is 1. The van der Waals surface area contributed by atoms with E-state index in [1.807, 2.05) is 37.3 Å². The van der Waals surface area contributed by atoms with Crippen LogP contribution in [0, 0.1) is 6.92 Å². The van der Waals surface area contributed by atoms with E-state index in [-0.39, 0.29) is 4.90 Å². The first-order chi connectivity index (χ1) is 8.47. The summed E-state index contributed by atoms with van der Waals surface area (Å²) < 4.78 is 23.0. The highest BCUT2D eigenvalue weighted by molar-refractivity contribution is 7.89. The second kappa shape index (κ2) is 4.80. The first-order valence-electron chi connectivity index (χ1n) is 5.42. The van der Waals surface area contributed by atoms with E-state index in [0.29, 0.717) is 5.69 Å². The largest absolute Gasteiger partial charge is 0.354 e. The monoisotopic (exact) mass is 262 g/mol. The standard InChI is InChI=1S/C13H14N2O2S/c1-10-7-8-13(18(14,16)17)12(9-10)15-11-5-3-2-4-6-11/h2-9,15H,1H3,(H2,14,16,17). The van der Waals surface area contributed by atoms with Gasteiger partial charge in [0.2, 0.25) is 10.0 Å². The lowest BCUT2D eigenvalue weighted by Gasteiger charge is -2.11. The number of aryl methyl sites for hydroxylation is 1. The van der Waals surface area contributed by atoms with Crippen LogP contribution in [-0.4, -0.2) is 8.42 Å². The molecule has 18 heavy (non-hydrogen) atoms. The van der Waals surface area contributed by atoms with E-state index in [9.17, 15) is 8.42 Å². The van der Waals surface area contributed by atoms with Crippen LogP contribution in [0.1, 0.15) is 5.56 Å². The number of hydrogen-bond donors (Lipinski definition) is 2. The van der Waals surface area contributed by atoms with Crippen molar-refractivity contribution >= 4 is 21.4 Å². The Morgan fingerprint density at radius 3 is 2.33 bits per heavy atom. The summed E-state index contributed by atoms with van der Waals surface area (Å²) in [5.41, 5.74) is 2.26. The third kappa shape index (κ3) is 2.88. The molecular formula is C13H14N2O2S. The topological polar surface area (TPSA) is 72.2 Å². The predicted molar refractivity (Wildman–Crippen MR) is 72.3 cm³/mol. The summed E-state index contributed by atoms with van der Waals surface area (Å²) in [4.78, 5) is 0.0944.